The maximum absolute atomic E-state index is 12.4. The van der Waals surface area contributed by atoms with Crippen molar-refractivity contribution in [3.63, 3.8) is 0 Å². The van der Waals surface area contributed by atoms with Crippen LogP contribution in [0.1, 0.15) is 26.7 Å². The zero-order valence-corrected chi connectivity index (χ0v) is 13.3. The average Bonchev–Trinajstić information content (AvgIpc) is 2.47. The summed E-state index contributed by atoms with van der Waals surface area (Å²) in [7, 11) is -3.65. The standard InChI is InChI=1S/C15H22N2O3S/c1-12-7-6-10-17(11-12)15(18)13(2)16-21(19,20)14-8-4-3-5-9-14/h3-5,8-9,12-13,16H,6-7,10-11H2,1-2H3. The first kappa shape index (κ1) is 16.0. The number of amides is 1. The second-order valence-electron chi connectivity index (χ2n) is 5.69. The molecule has 1 aliphatic rings. The first-order chi connectivity index (χ1) is 9.90. The number of piperidine rings is 1. The van der Waals surface area contributed by atoms with Gasteiger partial charge in [0.2, 0.25) is 15.9 Å². The molecule has 1 amide bonds. The third kappa shape index (κ3) is 4.04. The molecule has 2 atom stereocenters. The van der Waals surface area contributed by atoms with Crippen LogP contribution in [0, 0.1) is 5.92 Å². The van der Waals surface area contributed by atoms with E-state index < -0.39 is 16.1 Å². The molecule has 0 spiro atoms. The van der Waals surface area contributed by atoms with Crippen molar-refractivity contribution in [1.82, 2.24) is 9.62 Å². The summed E-state index contributed by atoms with van der Waals surface area (Å²) in [6.07, 6.45) is 2.10. The highest BCUT2D eigenvalue weighted by atomic mass is 32.2. The van der Waals surface area contributed by atoms with Gasteiger partial charge in [0, 0.05) is 13.1 Å². The number of hydrogen-bond donors (Lipinski definition) is 1. The van der Waals surface area contributed by atoms with E-state index in [1.54, 1.807) is 30.0 Å². The number of sulfonamides is 1. The van der Waals surface area contributed by atoms with Crippen LogP contribution in [0.4, 0.5) is 0 Å². The lowest BCUT2D eigenvalue weighted by atomic mass is 10.00. The Kier molecular flexibility index (Phi) is 5.00. The van der Waals surface area contributed by atoms with E-state index >= 15 is 0 Å². The summed E-state index contributed by atoms with van der Waals surface area (Å²) >= 11 is 0. The molecule has 2 unspecified atom stereocenters. The van der Waals surface area contributed by atoms with Crippen LogP contribution in [0.3, 0.4) is 0 Å². The zero-order chi connectivity index (χ0) is 15.5. The average molecular weight is 310 g/mol. The molecule has 0 saturated carbocycles. The van der Waals surface area contributed by atoms with Gasteiger partial charge in [0.1, 0.15) is 0 Å². The molecule has 116 valence electrons. The maximum atomic E-state index is 12.4. The van der Waals surface area contributed by atoms with Gasteiger partial charge in [0.15, 0.2) is 0 Å². The van der Waals surface area contributed by atoms with Crippen LogP contribution in [0.15, 0.2) is 35.2 Å². The van der Waals surface area contributed by atoms with Crippen molar-refractivity contribution in [1.29, 1.82) is 0 Å². The number of nitrogens with zero attached hydrogens (tertiary/aromatic N) is 1. The lowest BCUT2D eigenvalue weighted by molar-refractivity contribution is -0.134. The van der Waals surface area contributed by atoms with Crippen LogP contribution in [-0.2, 0) is 14.8 Å². The quantitative estimate of drug-likeness (QED) is 0.919. The molecular formula is C15H22N2O3S. The molecule has 5 nitrogen and oxygen atoms in total. The molecule has 1 saturated heterocycles. The minimum Gasteiger partial charge on any atom is -0.341 e. The van der Waals surface area contributed by atoms with Gasteiger partial charge in [-0.05, 0) is 37.8 Å². The summed E-state index contributed by atoms with van der Waals surface area (Å²) in [5.41, 5.74) is 0. The molecule has 0 aliphatic carbocycles. The van der Waals surface area contributed by atoms with Gasteiger partial charge in [-0.15, -0.1) is 0 Å². The highest BCUT2D eigenvalue weighted by molar-refractivity contribution is 7.89. The first-order valence-electron chi connectivity index (χ1n) is 7.26. The van der Waals surface area contributed by atoms with E-state index in [1.807, 2.05) is 0 Å². The predicted octanol–water partition coefficient (Wildman–Crippen LogP) is 1.61. The molecule has 0 bridgehead atoms. The Labute approximate surface area is 126 Å². The Morgan fingerprint density at radius 2 is 2.00 bits per heavy atom. The minimum absolute atomic E-state index is 0.152. The van der Waals surface area contributed by atoms with Crippen molar-refractivity contribution >= 4 is 15.9 Å². The molecule has 0 aromatic heterocycles. The molecule has 0 radical (unpaired) electrons. The van der Waals surface area contributed by atoms with Crippen LogP contribution in [-0.4, -0.2) is 38.4 Å². The molecule has 1 aromatic rings. The van der Waals surface area contributed by atoms with Crippen LogP contribution in [0.2, 0.25) is 0 Å². The van der Waals surface area contributed by atoms with Gasteiger partial charge >= 0.3 is 0 Å². The van der Waals surface area contributed by atoms with Crippen molar-refractivity contribution in [2.24, 2.45) is 5.92 Å². The van der Waals surface area contributed by atoms with Crippen LogP contribution < -0.4 is 4.72 Å². The molecule has 21 heavy (non-hydrogen) atoms. The summed E-state index contributed by atoms with van der Waals surface area (Å²) in [5, 5.41) is 0. The van der Waals surface area contributed by atoms with Crippen LogP contribution in [0.5, 0.6) is 0 Å². The van der Waals surface area contributed by atoms with E-state index in [0.717, 1.165) is 12.8 Å². The number of hydrogen-bond acceptors (Lipinski definition) is 3. The Bertz CT molecular complexity index is 586. The van der Waals surface area contributed by atoms with Gasteiger partial charge in [0.05, 0.1) is 10.9 Å². The van der Waals surface area contributed by atoms with Crippen LogP contribution in [0.25, 0.3) is 0 Å². The summed E-state index contributed by atoms with van der Waals surface area (Å²) < 4.78 is 26.9. The topological polar surface area (TPSA) is 66.5 Å². The Morgan fingerprint density at radius 3 is 2.62 bits per heavy atom. The monoisotopic (exact) mass is 310 g/mol. The highest BCUT2D eigenvalue weighted by Crippen LogP contribution is 2.17. The van der Waals surface area contributed by atoms with E-state index in [9.17, 15) is 13.2 Å². The number of nitrogens with one attached hydrogen (secondary N) is 1. The number of carbonyl (C=O) groups is 1. The number of carbonyl (C=O) groups excluding carboxylic acids is 1. The predicted molar refractivity (Wildman–Crippen MR) is 81.2 cm³/mol. The SMILES string of the molecule is CC1CCCN(C(=O)C(C)NS(=O)(=O)c2ccccc2)C1. The molecule has 2 rings (SSSR count). The normalized spacial score (nSPS) is 21.0. The molecule has 6 heteroatoms. The van der Waals surface area contributed by atoms with Crippen molar-refractivity contribution in [2.75, 3.05) is 13.1 Å². The Morgan fingerprint density at radius 1 is 1.33 bits per heavy atom. The third-order valence-corrected chi connectivity index (χ3v) is 5.28. The number of rotatable bonds is 4. The van der Waals surface area contributed by atoms with E-state index in [0.29, 0.717) is 19.0 Å². The maximum Gasteiger partial charge on any atom is 0.241 e. The van der Waals surface area contributed by atoms with Crippen molar-refractivity contribution in [3.8, 4) is 0 Å². The van der Waals surface area contributed by atoms with E-state index in [2.05, 4.69) is 11.6 Å². The van der Waals surface area contributed by atoms with Gasteiger partial charge in [0.25, 0.3) is 0 Å². The summed E-state index contributed by atoms with van der Waals surface area (Å²) in [4.78, 5) is 14.3. The molecule has 1 N–H and O–H groups in total. The van der Waals surface area contributed by atoms with Crippen molar-refractivity contribution < 1.29 is 13.2 Å². The van der Waals surface area contributed by atoms with Crippen molar-refractivity contribution in [3.05, 3.63) is 30.3 Å². The first-order valence-corrected chi connectivity index (χ1v) is 8.74. The summed E-state index contributed by atoms with van der Waals surface area (Å²) in [6, 6.07) is 7.36. The smallest absolute Gasteiger partial charge is 0.241 e. The van der Waals surface area contributed by atoms with Gasteiger partial charge in [-0.2, -0.15) is 4.72 Å². The fraction of sp³-hybridized carbons (Fsp3) is 0.533. The Hall–Kier alpha value is -1.40. The zero-order valence-electron chi connectivity index (χ0n) is 12.5. The van der Waals surface area contributed by atoms with Gasteiger partial charge in [-0.1, -0.05) is 25.1 Å². The molecule has 1 fully saturated rings. The van der Waals surface area contributed by atoms with E-state index in [1.165, 1.54) is 12.1 Å². The van der Waals surface area contributed by atoms with Gasteiger partial charge in [-0.25, -0.2) is 8.42 Å². The van der Waals surface area contributed by atoms with E-state index in [4.69, 9.17) is 0 Å². The molecule has 1 aliphatic heterocycles. The minimum atomic E-state index is -3.65. The Balaban J connectivity index is 2.03. The van der Waals surface area contributed by atoms with Gasteiger partial charge in [-0.3, -0.25) is 4.79 Å². The lowest BCUT2D eigenvalue weighted by Gasteiger charge is -2.32. The second kappa shape index (κ2) is 6.58. The highest BCUT2D eigenvalue weighted by Gasteiger charge is 2.28. The fourth-order valence-corrected chi connectivity index (χ4v) is 3.83. The van der Waals surface area contributed by atoms with Gasteiger partial charge < -0.3 is 4.90 Å². The summed E-state index contributed by atoms with van der Waals surface area (Å²) in [6.45, 7) is 5.12. The molecular weight excluding hydrogens is 288 g/mol. The summed E-state index contributed by atoms with van der Waals surface area (Å²) in [5.74, 6) is 0.321. The molecule has 1 aromatic carbocycles. The number of likely N-dealkylation sites (tertiary alicyclic amines) is 1. The number of benzene rings is 1. The largest absolute Gasteiger partial charge is 0.341 e. The van der Waals surface area contributed by atoms with Crippen molar-refractivity contribution in [2.45, 2.75) is 37.6 Å². The van der Waals surface area contributed by atoms with E-state index in [-0.39, 0.29) is 10.8 Å². The van der Waals surface area contributed by atoms with Crippen LogP contribution >= 0.6 is 0 Å². The fourth-order valence-electron chi connectivity index (χ4n) is 2.61. The second-order valence-corrected chi connectivity index (χ2v) is 7.40. The third-order valence-electron chi connectivity index (χ3n) is 3.72. The molecule has 1 heterocycles. The lowest BCUT2D eigenvalue weighted by Crippen LogP contribution is -2.49.